The van der Waals surface area contributed by atoms with Gasteiger partial charge in [-0.15, -0.1) is 23.2 Å². The first-order valence-electron chi connectivity index (χ1n) is 8.60. The SMILES string of the molecule is Fc1cc(N(CCCl)CCCl)ccc1C=Nc1cc(Cl)ccc1-n1ccnc1. The van der Waals surface area contributed by atoms with Crippen LogP contribution in [0.3, 0.4) is 0 Å². The number of imidazole rings is 1. The molecular formula is C20H18Cl3FN4. The van der Waals surface area contributed by atoms with Crippen LogP contribution in [0.25, 0.3) is 5.69 Å². The Morgan fingerprint density at radius 1 is 1.11 bits per heavy atom. The minimum absolute atomic E-state index is 0.372. The Morgan fingerprint density at radius 2 is 1.89 bits per heavy atom. The van der Waals surface area contributed by atoms with Crippen LogP contribution in [0, 0.1) is 5.82 Å². The van der Waals surface area contributed by atoms with Crippen molar-refractivity contribution in [3.63, 3.8) is 0 Å². The average molecular weight is 440 g/mol. The molecule has 0 atom stereocenters. The van der Waals surface area contributed by atoms with E-state index < -0.39 is 0 Å². The molecule has 3 aromatic rings. The third kappa shape index (κ3) is 5.04. The largest absolute Gasteiger partial charge is 0.369 e. The van der Waals surface area contributed by atoms with Crippen molar-refractivity contribution >= 4 is 52.4 Å². The summed E-state index contributed by atoms with van der Waals surface area (Å²) in [6.07, 6.45) is 6.63. The van der Waals surface area contributed by atoms with E-state index in [1.54, 1.807) is 36.9 Å². The number of hydrogen-bond donors (Lipinski definition) is 0. The Balaban J connectivity index is 1.88. The average Bonchev–Trinajstić information content (AvgIpc) is 3.21. The third-order valence-corrected chi connectivity index (χ3v) is 4.69. The number of halogens is 4. The molecule has 0 spiro atoms. The normalized spacial score (nSPS) is 11.3. The van der Waals surface area contributed by atoms with E-state index in [1.165, 1.54) is 12.3 Å². The molecule has 8 heteroatoms. The van der Waals surface area contributed by atoms with Gasteiger partial charge in [0.1, 0.15) is 5.82 Å². The summed E-state index contributed by atoms with van der Waals surface area (Å²) >= 11 is 17.8. The quantitative estimate of drug-likeness (QED) is 0.333. The summed E-state index contributed by atoms with van der Waals surface area (Å²) in [5.74, 6) is 0.502. The van der Waals surface area contributed by atoms with Crippen LogP contribution >= 0.6 is 34.8 Å². The predicted molar refractivity (Wildman–Crippen MR) is 116 cm³/mol. The van der Waals surface area contributed by atoms with Crippen LogP contribution in [0.15, 0.2) is 60.1 Å². The van der Waals surface area contributed by atoms with Crippen LogP contribution in [0.4, 0.5) is 15.8 Å². The van der Waals surface area contributed by atoms with Gasteiger partial charge in [-0.1, -0.05) is 11.6 Å². The maximum atomic E-state index is 14.6. The number of nitrogens with zero attached hydrogens (tertiary/aromatic N) is 4. The van der Waals surface area contributed by atoms with E-state index in [1.807, 2.05) is 21.6 Å². The maximum absolute atomic E-state index is 14.6. The highest BCUT2D eigenvalue weighted by Crippen LogP contribution is 2.27. The van der Waals surface area contributed by atoms with Gasteiger partial charge in [0, 0.05) is 59.7 Å². The van der Waals surface area contributed by atoms with E-state index in [2.05, 4.69) is 9.98 Å². The highest BCUT2D eigenvalue weighted by Gasteiger charge is 2.09. The van der Waals surface area contributed by atoms with Crippen molar-refractivity contribution in [2.24, 2.45) is 4.99 Å². The molecule has 1 heterocycles. The highest BCUT2D eigenvalue weighted by molar-refractivity contribution is 6.31. The molecular weight excluding hydrogens is 422 g/mol. The van der Waals surface area contributed by atoms with Gasteiger partial charge in [-0.2, -0.15) is 0 Å². The van der Waals surface area contributed by atoms with Gasteiger partial charge in [-0.3, -0.25) is 4.99 Å². The van der Waals surface area contributed by atoms with Crippen molar-refractivity contribution < 1.29 is 4.39 Å². The lowest BCUT2D eigenvalue weighted by atomic mass is 10.2. The summed E-state index contributed by atoms with van der Waals surface area (Å²) in [6.45, 7) is 1.19. The maximum Gasteiger partial charge on any atom is 0.134 e. The van der Waals surface area contributed by atoms with Gasteiger partial charge < -0.3 is 9.47 Å². The first-order chi connectivity index (χ1) is 13.6. The van der Waals surface area contributed by atoms with Gasteiger partial charge in [-0.25, -0.2) is 9.37 Å². The zero-order valence-corrected chi connectivity index (χ0v) is 17.2. The topological polar surface area (TPSA) is 33.4 Å². The molecule has 2 aromatic carbocycles. The number of aromatic nitrogens is 2. The molecule has 0 unspecified atom stereocenters. The fourth-order valence-electron chi connectivity index (χ4n) is 2.75. The number of rotatable bonds is 8. The molecule has 0 aliphatic rings. The Bertz CT molecular complexity index is 939. The van der Waals surface area contributed by atoms with Gasteiger partial charge in [0.05, 0.1) is 17.7 Å². The number of aliphatic imine (C=N–C) groups is 1. The van der Waals surface area contributed by atoms with Crippen molar-refractivity contribution in [2.75, 3.05) is 29.7 Å². The van der Waals surface area contributed by atoms with Crippen molar-refractivity contribution in [2.45, 2.75) is 0 Å². The minimum atomic E-state index is -0.374. The van der Waals surface area contributed by atoms with Crippen LogP contribution in [0.2, 0.25) is 5.02 Å². The molecule has 0 saturated carbocycles. The summed E-state index contributed by atoms with van der Waals surface area (Å²) in [7, 11) is 0. The summed E-state index contributed by atoms with van der Waals surface area (Å²) < 4.78 is 16.4. The van der Waals surface area contributed by atoms with Crippen LogP contribution in [-0.4, -0.2) is 40.6 Å². The van der Waals surface area contributed by atoms with E-state index in [0.29, 0.717) is 41.1 Å². The van der Waals surface area contributed by atoms with E-state index >= 15 is 0 Å². The molecule has 0 amide bonds. The molecule has 0 aliphatic carbocycles. The van der Waals surface area contributed by atoms with Crippen LogP contribution in [-0.2, 0) is 0 Å². The summed E-state index contributed by atoms with van der Waals surface area (Å²) in [5.41, 5.74) is 2.51. The minimum Gasteiger partial charge on any atom is -0.369 e. The second-order valence-electron chi connectivity index (χ2n) is 5.93. The number of alkyl halides is 2. The smallest absolute Gasteiger partial charge is 0.134 e. The molecule has 0 saturated heterocycles. The zero-order chi connectivity index (χ0) is 19.9. The van der Waals surface area contributed by atoms with E-state index in [9.17, 15) is 4.39 Å². The van der Waals surface area contributed by atoms with Gasteiger partial charge in [0.2, 0.25) is 0 Å². The summed E-state index contributed by atoms with van der Waals surface area (Å²) in [5, 5.41) is 0.546. The van der Waals surface area contributed by atoms with Crippen molar-refractivity contribution in [3.05, 3.63) is 71.5 Å². The molecule has 146 valence electrons. The van der Waals surface area contributed by atoms with Gasteiger partial charge in [0.25, 0.3) is 0 Å². The lowest BCUT2D eigenvalue weighted by Gasteiger charge is -2.23. The lowest BCUT2D eigenvalue weighted by Crippen LogP contribution is -2.27. The van der Waals surface area contributed by atoms with Gasteiger partial charge in [-0.05, 0) is 36.4 Å². The Hall–Kier alpha value is -2.08. The third-order valence-electron chi connectivity index (χ3n) is 4.12. The molecule has 1 aromatic heterocycles. The molecule has 0 N–H and O–H groups in total. The summed E-state index contributed by atoms with van der Waals surface area (Å²) in [4.78, 5) is 10.4. The number of benzene rings is 2. The molecule has 3 rings (SSSR count). The lowest BCUT2D eigenvalue weighted by molar-refractivity contribution is 0.625. The molecule has 0 bridgehead atoms. The summed E-state index contributed by atoms with van der Waals surface area (Å²) in [6, 6.07) is 10.3. The van der Waals surface area contributed by atoms with Crippen LogP contribution in [0.1, 0.15) is 5.56 Å². The molecule has 0 aliphatic heterocycles. The van der Waals surface area contributed by atoms with Crippen LogP contribution in [0.5, 0.6) is 0 Å². The Labute approximate surface area is 178 Å². The monoisotopic (exact) mass is 438 g/mol. The van der Waals surface area contributed by atoms with E-state index in [-0.39, 0.29) is 5.82 Å². The van der Waals surface area contributed by atoms with E-state index in [4.69, 9.17) is 34.8 Å². The highest BCUT2D eigenvalue weighted by atomic mass is 35.5. The Kier molecular flexibility index (Phi) is 7.31. The second-order valence-corrected chi connectivity index (χ2v) is 7.12. The van der Waals surface area contributed by atoms with Crippen molar-refractivity contribution in [3.8, 4) is 5.69 Å². The van der Waals surface area contributed by atoms with Crippen molar-refractivity contribution in [1.82, 2.24) is 9.55 Å². The standard InChI is InChI=1S/C20H18Cl3FN4/c21-5-8-27(9-6-22)17-3-1-15(18(24)12-17)13-26-19-11-16(23)2-4-20(19)28-10-7-25-14-28/h1-4,7,10-14H,5-6,8-9H2. The fourth-order valence-corrected chi connectivity index (χ4v) is 3.32. The molecule has 0 fully saturated rings. The van der Waals surface area contributed by atoms with Crippen molar-refractivity contribution in [1.29, 1.82) is 0 Å². The zero-order valence-electron chi connectivity index (χ0n) is 14.9. The molecule has 0 radical (unpaired) electrons. The number of anilines is 1. The van der Waals surface area contributed by atoms with Gasteiger partial charge >= 0.3 is 0 Å². The van der Waals surface area contributed by atoms with E-state index in [0.717, 1.165) is 11.4 Å². The second kappa shape index (κ2) is 9.92. The van der Waals surface area contributed by atoms with Gasteiger partial charge in [0.15, 0.2) is 0 Å². The first-order valence-corrected chi connectivity index (χ1v) is 10.1. The van der Waals surface area contributed by atoms with Crippen LogP contribution < -0.4 is 4.90 Å². The predicted octanol–water partition coefficient (Wildman–Crippen LogP) is 5.70. The molecule has 28 heavy (non-hydrogen) atoms. The fraction of sp³-hybridized carbons (Fsp3) is 0.200. The number of hydrogen-bond acceptors (Lipinski definition) is 3. The Morgan fingerprint density at radius 3 is 2.54 bits per heavy atom. The first kappa shape index (κ1) is 20.6. The molecule has 4 nitrogen and oxygen atoms in total.